The van der Waals surface area contributed by atoms with Crippen LogP contribution in [0.5, 0.6) is 0 Å². The van der Waals surface area contributed by atoms with Crippen LogP contribution in [0.25, 0.3) is 0 Å². The van der Waals surface area contributed by atoms with E-state index in [9.17, 15) is 0 Å². The summed E-state index contributed by atoms with van der Waals surface area (Å²) < 4.78 is 0.982. The lowest BCUT2D eigenvalue weighted by Crippen LogP contribution is -2.12. The van der Waals surface area contributed by atoms with Crippen LogP contribution in [0.15, 0.2) is 39.0 Å². The number of benzene rings is 1. The third kappa shape index (κ3) is 2.61. The van der Waals surface area contributed by atoms with Gasteiger partial charge in [0.2, 0.25) is 0 Å². The Hall–Kier alpha value is -0.910. The van der Waals surface area contributed by atoms with Crippen LogP contribution in [-0.4, -0.2) is 17.2 Å². The molecule has 0 bridgehead atoms. The maximum absolute atomic E-state index is 4.05. The Labute approximate surface area is 103 Å². The van der Waals surface area contributed by atoms with Crippen molar-refractivity contribution in [1.29, 1.82) is 0 Å². The van der Waals surface area contributed by atoms with Crippen LogP contribution in [0.2, 0.25) is 0 Å². The van der Waals surface area contributed by atoms with Crippen LogP contribution in [0.1, 0.15) is 18.5 Å². The van der Waals surface area contributed by atoms with Crippen LogP contribution in [0.3, 0.4) is 0 Å². The highest BCUT2D eigenvalue weighted by atomic mass is 32.2. The first-order valence-corrected chi connectivity index (χ1v) is 6.71. The molecule has 0 radical (unpaired) electrons. The zero-order valence-corrected chi connectivity index (χ0v) is 10.8. The number of nitrogens with one attached hydrogen (secondary N) is 1. The molecule has 5 heteroatoms. The van der Waals surface area contributed by atoms with Crippen LogP contribution >= 0.6 is 23.1 Å². The molecular weight excluding hydrogens is 238 g/mol. The molecule has 1 aromatic heterocycles. The number of hydrogen-bond acceptors (Lipinski definition) is 5. The minimum absolute atomic E-state index is 0.344. The van der Waals surface area contributed by atoms with Crippen molar-refractivity contribution in [3.63, 3.8) is 0 Å². The molecule has 0 saturated carbocycles. The summed E-state index contributed by atoms with van der Waals surface area (Å²) in [7, 11) is 1.97. The fourth-order valence-corrected chi connectivity index (χ4v) is 3.04. The lowest BCUT2D eigenvalue weighted by molar-refractivity contribution is 0.641. The molecule has 0 aliphatic carbocycles. The molecule has 1 aromatic carbocycles. The van der Waals surface area contributed by atoms with Crippen molar-refractivity contribution < 1.29 is 0 Å². The topological polar surface area (TPSA) is 37.8 Å². The van der Waals surface area contributed by atoms with Crippen molar-refractivity contribution >= 4 is 23.1 Å². The lowest BCUT2D eigenvalue weighted by Gasteiger charge is -2.14. The monoisotopic (exact) mass is 251 g/mol. The lowest BCUT2D eigenvalue weighted by atomic mass is 10.1. The summed E-state index contributed by atoms with van der Waals surface area (Å²) in [6, 6.07) is 8.72. The summed E-state index contributed by atoms with van der Waals surface area (Å²) in [6.07, 6.45) is 0. The Morgan fingerprint density at radius 3 is 2.88 bits per heavy atom. The van der Waals surface area contributed by atoms with E-state index < -0.39 is 0 Å². The van der Waals surface area contributed by atoms with Gasteiger partial charge in [-0.1, -0.05) is 41.3 Å². The fourth-order valence-electron chi connectivity index (χ4n) is 1.39. The van der Waals surface area contributed by atoms with Crippen LogP contribution < -0.4 is 5.32 Å². The van der Waals surface area contributed by atoms with E-state index in [2.05, 4.69) is 46.7 Å². The second-order valence-electron chi connectivity index (χ2n) is 3.35. The second-order valence-corrected chi connectivity index (χ2v) is 5.48. The highest BCUT2D eigenvalue weighted by Gasteiger charge is 2.10. The molecular formula is C11H13N3S2. The van der Waals surface area contributed by atoms with Gasteiger partial charge in [-0.05, 0) is 25.6 Å². The molecule has 1 atom stereocenters. The SMILES string of the molecule is CNC(C)c1ccccc1Sc1nncs1. The minimum atomic E-state index is 0.344. The molecule has 1 unspecified atom stereocenters. The molecule has 0 fully saturated rings. The first-order chi connectivity index (χ1) is 7.81. The van der Waals surface area contributed by atoms with E-state index in [1.54, 1.807) is 28.6 Å². The second kappa shape index (κ2) is 5.43. The average Bonchev–Trinajstić information content (AvgIpc) is 2.82. The molecule has 0 spiro atoms. The minimum Gasteiger partial charge on any atom is -0.313 e. The quantitative estimate of drug-likeness (QED) is 0.906. The zero-order valence-electron chi connectivity index (χ0n) is 9.18. The Balaban J connectivity index is 2.26. The summed E-state index contributed by atoms with van der Waals surface area (Å²) in [5, 5.41) is 11.1. The standard InChI is InChI=1S/C11H13N3S2/c1-8(12-2)9-5-3-4-6-10(9)16-11-14-13-7-15-11/h3-8,12H,1-2H3. The Morgan fingerprint density at radius 2 is 2.19 bits per heavy atom. The maximum Gasteiger partial charge on any atom is 0.178 e. The number of nitrogens with zero attached hydrogens (tertiary/aromatic N) is 2. The van der Waals surface area contributed by atoms with Gasteiger partial charge in [-0.25, -0.2) is 0 Å². The molecule has 3 nitrogen and oxygen atoms in total. The molecule has 1 N–H and O–H groups in total. The molecule has 2 rings (SSSR count). The molecule has 0 amide bonds. The van der Waals surface area contributed by atoms with Crippen LogP contribution in [0, 0.1) is 0 Å². The van der Waals surface area contributed by atoms with E-state index in [-0.39, 0.29) is 0 Å². The van der Waals surface area contributed by atoms with Gasteiger partial charge < -0.3 is 5.32 Å². The number of aromatic nitrogens is 2. The van der Waals surface area contributed by atoms with Crippen molar-refractivity contribution in [2.45, 2.75) is 22.2 Å². The van der Waals surface area contributed by atoms with Gasteiger partial charge in [-0.15, -0.1) is 10.2 Å². The van der Waals surface area contributed by atoms with Crippen molar-refractivity contribution in [2.75, 3.05) is 7.05 Å². The Morgan fingerprint density at radius 1 is 1.38 bits per heavy atom. The van der Waals surface area contributed by atoms with Gasteiger partial charge in [0.05, 0.1) is 0 Å². The van der Waals surface area contributed by atoms with Crippen LogP contribution in [0.4, 0.5) is 0 Å². The largest absolute Gasteiger partial charge is 0.313 e. The molecule has 0 aliphatic heterocycles. The van der Waals surface area contributed by atoms with Crippen LogP contribution in [-0.2, 0) is 0 Å². The zero-order chi connectivity index (χ0) is 11.4. The summed E-state index contributed by atoms with van der Waals surface area (Å²) in [6.45, 7) is 2.15. The highest BCUT2D eigenvalue weighted by Crippen LogP contribution is 2.33. The summed E-state index contributed by atoms with van der Waals surface area (Å²) >= 11 is 3.24. The van der Waals surface area contributed by atoms with Crippen molar-refractivity contribution in [3.05, 3.63) is 35.3 Å². The summed E-state index contributed by atoms with van der Waals surface area (Å²) in [5.41, 5.74) is 3.05. The number of hydrogen-bond donors (Lipinski definition) is 1. The van der Waals surface area contributed by atoms with Gasteiger partial charge in [-0.2, -0.15) is 0 Å². The maximum atomic E-state index is 4.05. The molecule has 16 heavy (non-hydrogen) atoms. The first kappa shape index (κ1) is 11.6. The molecule has 84 valence electrons. The van der Waals surface area contributed by atoms with E-state index in [4.69, 9.17) is 0 Å². The van der Waals surface area contributed by atoms with Gasteiger partial charge in [-0.3, -0.25) is 0 Å². The van der Waals surface area contributed by atoms with Crippen molar-refractivity contribution in [1.82, 2.24) is 15.5 Å². The van der Waals surface area contributed by atoms with E-state index in [0.717, 1.165) is 4.34 Å². The van der Waals surface area contributed by atoms with Gasteiger partial charge in [0.15, 0.2) is 4.34 Å². The first-order valence-electron chi connectivity index (χ1n) is 5.01. The number of rotatable bonds is 4. The molecule has 2 aromatic rings. The van der Waals surface area contributed by atoms with E-state index in [1.165, 1.54) is 10.5 Å². The fraction of sp³-hybridized carbons (Fsp3) is 0.273. The molecule has 1 heterocycles. The summed E-state index contributed by atoms with van der Waals surface area (Å²) in [4.78, 5) is 1.24. The Kier molecular flexibility index (Phi) is 3.93. The smallest absolute Gasteiger partial charge is 0.178 e. The third-order valence-corrected chi connectivity index (χ3v) is 4.23. The molecule has 0 aliphatic rings. The summed E-state index contributed by atoms with van der Waals surface area (Å²) in [5.74, 6) is 0. The van der Waals surface area contributed by atoms with E-state index >= 15 is 0 Å². The normalized spacial score (nSPS) is 12.6. The van der Waals surface area contributed by atoms with Crippen molar-refractivity contribution in [3.8, 4) is 0 Å². The molecule has 0 saturated heterocycles. The van der Waals surface area contributed by atoms with Gasteiger partial charge in [0.25, 0.3) is 0 Å². The van der Waals surface area contributed by atoms with Gasteiger partial charge in [0.1, 0.15) is 5.51 Å². The van der Waals surface area contributed by atoms with E-state index in [0.29, 0.717) is 6.04 Å². The highest BCUT2D eigenvalue weighted by molar-refractivity contribution is 8.01. The third-order valence-electron chi connectivity index (χ3n) is 2.36. The predicted molar refractivity (Wildman–Crippen MR) is 67.9 cm³/mol. The predicted octanol–water partition coefficient (Wildman–Crippen LogP) is 2.97. The van der Waals surface area contributed by atoms with Gasteiger partial charge >= 0.3 is 0 Å². The van der Waals surface area contributed by atoms with Crippen molar-refractivity contribution in [2.24, 2.45) is 0 Å². The average molecular weight is 251 g/mol. The Bertz CT molecular complexity index is 442. The van der Waals surface area contributed by atoms with E-state index in [1.807, 2.05) is 7.05 Å². The van der Waals surface area contributed by atoms with Gasteiger partial charge in [0, 0.05) is 10.9 Å².